The molecule has 2 atom stereocenters. The van der Waals surface area contributed by atoms with E-state index in [0.717, 1.165) is 0 Å². The van der Waals surface area contributed by atoms with Crippen LogP contribution in [0.4, 0.5) is 0 Å². The summed E-state index contributed by atoms with van der Waals surface area (Å²) in [5.74, 6) is -2.39. The van der Waals surface area contributed by atoms with Gasteiger partial charge in [-0.25, -0.2) is 0 Å². The normalized spacial score (nSPS) is 15.6. The van der Waals surface area contributed by atoms with Gasteiger partial charge >= 0.3 is 5.97 Å². The Labute approximate surface area is 86.0 Å². The van der Waals surface area contributed by atoms with Crippen LogP contribution >= 0.6 is 0 Å². The summed E-state index contributed by atoms with van der Waals surface area (Å²) in [7, 11) is -4.53. The number of primary amides is 1. The Bertz CT molecular complexity index is 351. The topological polar surface area (TPSA) is 161 Å². The highest BCUT2D eigenvalue weighted by Gasteiger charge is 2.29. The van der Waals surface area contributed by atoms with Crippen LogP contribution in [0, 0.1) is 0 Å². The highest BCUT2D eigenvalue weighted by molar-refractivity contribution is 7.86. The van der Waals surface area contributed by atoms with Crippen molar-refractivity contribution in [2.24, 2.45) is 11.5 Å². The van der Waals surface area contributed by atoms with Gasteiger partial charge in [-0.15, -0.1) is 0 Å². The number of amides is 1. The average Bonchev–Trinajstić information content (AvgIpc) is 2.00. The van der Waals surface area contributed by atoms with Crippen molar-refractivity contribution in [2.75, 3.05) is 0 Å². The van der Waals surface area contributed by atoms with Crippen molar-refractivity contribution in [3.8, 4) is 0 Å². The van der Waals surface area contributed by atoms with Gasteiger partial charge in [0, 0.05) is 6.42 Å². The molecule has 0 fully saturated rings. The third kappa shape index (κ3) is 5.30. The monoisotopic (exact) mass is 240 g/mol. The van der Waals surface area contributed by atoms with Gasteiger partial charge in [0.05, 0.1) is 5.25 Å². The van der Waals surface area contributed by atoms with Crippen LogP contribution in [0.15, 0.2) is 0 Å². The number of nitrogens with two attached hydrogens (primary N) is 2. The first-order valence-electron chi connectivity index (χ1n) is 3.87. The zero-order valence-electron chi connectivity index (χ0n) is 7.66. The molecule has 88 valence electrons. The molecule has 8 nitrogen and oxygen atoms in total. The lowest BCUT2D eigenvalue weighted by Gasteiger charge is -2.14. The van der Waals surface area contributed by atoms with Gasteiger partial charge in [-0.1, -0.05) is 0 Å². The van der Waals surface area contributed by atoms with E-state index in [0.29, 0.717) is 0 Å². The molecule has 9 heteroatoms. The third-order valence-electron chi connectivity index (χ3n) is 1.68. The molecule has 0 saturated heterocycles. The van der Waals surface area contributed by atoms with Gasteiger partial charge in [-0.3, -0.25) is 14.1 Å². The first-order chi connectivity index (χ1) is 6.64. The molecular weight excluding hydrogens is 228 g/mol. The standard InChI is InChI=1S/C6H12N2O6S/c7-4(6(10)11)1-3(2-5(8)9)15(12,13)14/h3-4H,1-2,7H2,(H2,8,9)(H,10,11)(H,12,13,14)/t3-,4+/m1/s1. The van der Waals surface area contributed by atoms with Crippen LogP contribution in [0.3, 0.4) is 0 Å². The Balaban J connectivity index is 4.67. The van der Waals surface area contributed by atoms with Crippen LogP contribution in [-0.2, 0) is 19.7 Å². The van der Waals surface area contributed by atoms with Gasteiger partial charge in [-0.05, 0) is 6.42 Å². The maximum Gasteiger partial charge on any atom is 0.320 e. The predicted molar refractivity (Wildman–Crippen MR) is 49.4 cm³/mol. The molecule has 0 aromatic rings. The Morgan fingerprint density at radius 3 is 2.07 bits per heavy atom. The van der Waals surface area contributed by atoms with Crippen LogP contribution in [0.25, 0.3) is 0 Å². The molecule has 0 aliphatic rings. The summed E-state index contributed by atoms with van der Waals surface area (Å²) in [6.07, 6.45) is -1.24. The zero-order valence-corrected chi connectivity index (χ0v) is 8.48. The van der Waals surface area contributed by atoms with Crippen LogP contribution in [0.2, 0.25) is 0 Å². The summed E-state index contributed by atoms with van der Waals surface area (Å²) in [4.78, 5) is 20.8. The number of carbonyl (C=O) groups is 2. The second-order valence-electron chi connectivity index (χ2n) is 2.99. The van der Waals surface area contributed by atoms with Crippen LogP contribution in [0.5, 0.6) is 0 Å². The van der Waals surface area contributed by atoms with E-state index in [1.54, 1.807) is 0 Å². The Hall–Kier alpha value is -1.19. The average molecular weight is 240 g/mol. The van der Waals surface area contributed by atoms with E-state index in [-0.39, 0.29) is 0 Å². The quantitative estimate of drug-likeness (QED) is 0.387. The lowest BCUT2D eigenvalue weighted by Crippen LogP contribution is -2.38. The second kappa shape index (κ2) is 5.05. The molecule has 0 aromatic carbocycles. The third-order valence-corrected chi connectivity index (χ3v) is 2.89. The van der Waals surface area contributed by atoms with E-state index < -0.39 is 46.1 Å². The number of carbonyl (C=O) groups excluding carboxylic acids is 1. The number of aliphatic carboxylic acids is 1. The van der Waals surface area contributed by atoms with Gasteiger partial charge in [0.15, 0.2) is 0 Å². The fraction of sp³-hybridized carbons (Fsp3) is 0.667. The highest BCUT2D eigenvalue weighted by atomic mass is 32.2. The lowest BCUT2D eigenvalue weighted by atomic mass is 10.1. The first-order valence-corrected chi connectivity index (χ1v) is 5.38. The minimum Gasteiger partial charge on any atom is -0.480 e. The Morgan fingerprint density at radius 2 is 1.80 bits per heavy atom. The van der Waals surface area contributed by atoms with Crippen molar-refractivity contribution >= 4 is 22.0 Å². The van der Waals surface area contributed by atoms with Crippen LogP contribution in [-0.4, -0.2) is 41.2 Å². The van der Waals surface area contributed by atoms with Gasteiger partial charge < -0.3 is 16.6 Å². The molecule has 6 N–H and O–H groups in total. The van der Waals surface area contributed by atoms with E-state index in [2.05, 4.69) is 0 Å². The van der Waals surface area contributed by atoms with Crippen molar-refractivity contribution in [2.45, 2.75) is 24.1 Å². The fourth-order valence-electron chi connectivity index (χ4n) is 0.919. The predicted octanol–water partition coefficient (Wildman–Crippen LogP) is -2.08. The molecule has 0 aliphatic heterocycles. The van der Waals surface area contributed by atoms with Gasteiger partial charge in [0.1, 0.15) is 6.04 Å². The smallest absolute Gasteiger partial charge is 0.320 e. The van der Waals surface area contributed by atoms with Crippen molar-refractivity contribution in [1.82, 2.24) is 0 Å². The van der Waals surface area contributed by atoms with Gasteiger partial charge in [-0.2, -0.15) is 8.42 Å². The first kappa shape index (κ1) is 13.8. The van der Waals surface area contributed by atoms with E-state index in [1.807, 2.05) is 0 Å². The van der Waals surface area contributed by atoms with Crippen LogP contribution < -0.4 is 11.5 Å². The van der Waals surface area contributed by atoms with E-state index in [4.69, 9.17) is 21.1 Å². The molecule has 0 saturated carbocycles. The SMILES string of the molecule is NC(=O)C[C@@H](C[C@H](N)C(=O)O)S(=O)(=O)O. The van der Waals surface area contributed by atoms with Crippen molar-refractivity contribution < 1.29 is 27.7 Å². The fourth-order valence-corrected chi connectivity index (χ4v) is 1.74. The molecule has 0 unspecified atom stereocenters. The summed E-state index contributed by atoms with van der Waals surface area (Å²) in [6.45, 7) is 0. The van der Waals surface area contributed by atoms with Crippen LogP contribution in [0.1, 0.15) is 12.8 Å². The van der Waals surface area contributed by atoms with E-state index >= 15 is 0 Å². The Morgan fingerprint density at radius 1 is 1.33 bits per heavy atom. The molecule has 0 bridgehead atoms. The maximum atomic E-state index is 10.7. The lowest BCUT2D eigenvalue weighted by molar-refractivity contribution is -0.138. The number of carboxylic acid groups (broad SMARTS) is 1. The highest BCUT2D eigenvalue weighted by Crippen LogP contribution is 2.10. The van der Waals surface area contributed by atoms with Crippen molar-refractivity contribution in [1.29, 1.82) is 0 Å². The Kier molecular flexibility index (Phi) is 4.65. The number of rotatable bonds is 6. The largest absolute Gasteiger partial charge is 0.480 e. The summed E-state index contributed by atoms with van der Waals surface area (Å²) < 4.78 is 30.1. The summed E-state index contributed by atoms with van der Waals surface area (Å²) >= 11 is 0. The molecule has 1 amide bonds. The minimum absolute atomic E-state index is 0.572. The van der Waals surface area contributed by atoms with Crippen molar-refractivity contribution in [3.63, 3.8) is 0 Å². The molecular formula is C6H12N2O6S. The summed E-state index contributed by atoms with van der Waals surface area (Å²) in [5.41, 5.74) is 9.80. The number of carboxylic acids is 1. The molecule has 0 heterocycles. The van der Waals surface area contributed by atoms with Gasteiger partial charge in [0.2, 0.25) is 5.91 Å². The summed E-state index contributed by atoms with van der Waals surface area (Å²) in [5, 5.41) is 6.83. The molecule has 0 spiro atoms. The number of hydrogen-bond donors (Lipinski definition) is 4. The van der Waals surface area contributed by atoms with Crippen molar-refractivity contribution in [3.05, 3.63) is 0 Å². The second-order valence-corrected chi connectivity index (χ2v) is 4.68. The molecule has 15 heavy (non-hydrogen) atoms. The molecule has 0 radical (unpaired) electrons. The van der Waals surface area contributed by atoms with E-state index in [9.17, 15) is 18.0 Å². The number of hydrogen-bond acceptors (Lipinski definition) is 5. The van der Waals surface area contributed by atoms with Gasteiger partial charge in [0.25, 0.3) is 10.1 Å². The molecule has 0 aromatic heterocycles. The van der Waals surface area contributed by atoms with E-state index in [1.165, 1.54) is 0 Å². The maximum absolute atomic E-state index is 10.7. The molecule has 0 rings (SSSR count). The molecule has 0 aliphatic carbocycles. The minimum atomic E-state index is -4.53. The zero-order chi connectivity index (χ0) is 12.2. The summed E-state index contributed by atoms with van der Waals surface area (Å²) in [6, 6.07) is -1.48.